The van der Waals surface area contributed by atoms with Gasteiger partial charge in [0.2, 0.25) is 0 Å². The molecule has 0 atom stereocenters. The summed E-state index contributed by atoms with van der Waals surface area (Å²) in [4.78, 5) is 11.3. The highest BCUT2D eigenvalue weighted by Gasteiger charge is 2.01. The van der Waals surface area contributed by atoms with E-state index in [0.717, 1.165) is 17.5 Å². The Balaban J connectivity index is 2.07. The second-order valence-corrected chi connectivity index (χ2v) is 5.29. The summed E-state index contributed by atoms with van der Waals surface area (Å²) in [6.45, 7) is 3.83. The van der Waals surface area contributed by atoms with Crippen molar-refractivity contribution in [2.24, 2.45) is 0 Å². The van der Waals surface area contributed by atoms with Crippen LogP contribution in [-0.4, -0.2) is 5.78 Å². The van der Waals surface area contributed by atoms with E-state index < -0.39 is 0 Å². The number of hydrogen-bond acceptors (Lipinski definition) is 1. The molecule has 0 aliphatic heterocycles. The van der Waals surface area contributed by atoms with Crippen LogP contribution in [0.4, 0.5) is 0 Å². The van der Waals surface area contributed by atoms with Gasteiger partial charge in [0.05, 0.1) is 0 Å². The minimum Gasteiger partial charge on any atom is -0.295 e. The second-order valence-electron chi connectivity index (χ2n) is 5.29. The lowest BCUT2D eigenvalue weighted by molar-refractivity contribution is 0.101. The Kier molecular flexibility index (Phi) is 5.11. The average Bonchev–Trinajstić information content (AvgIpc) is 2.48. The average molecular weight is 266 g/mol. The zero-order chi connectivity index (χ0) is 14.4. The van der Waals surface area contributed by atoms with E-state index in [-0.39, 0.29) is 5.78 Å². The van der Waals surface area contributed by atoms with Crippen LogP contribution < -0.4 is 0 Å². The predicted octanol–water partition coefficient (Wildman–Crippen LogP) is 5.29. The summed E-state index contributed by atoms with van der Waals surface area (Å²) in [5.74, 6) is 0.114. The number of Topliss-reactive ketones (excluding diaryl/α,β-unsaturated/α-hetero) is 1. The number of unbranched alkanes of at least 4 members (excludes halogenated alkanes) is 2. The molecule has 0 heterocycles. The third-order valence-electron chi connectivity index (χ3n) is 3.65. The number of carbonyl (C=O) groups excluding carboxylic acids is 1. The van der Waals surface area contributed by atoms with Gasteiger partial charge in [-0.1, -0.05) is 68.3 Å². The molecule has 0 N–H and O–H groups in total. The van der Waals surface area contributed by atoms with Crippen LogP contribution in [0, 0.1) is 0 Å². The molecule has 0 aromatic heterocycles. The largest absolute Gasteiger partial charge is 0.295 e. The fraction of sp³-hybridized carbons (Fsp3) is 0.316. The predicted molar refractivity (Wildman–Crippen MR) is 85.1 cm³/mol. The summed E-state index contributed by atoms with van der Waals surface area (Å²) in [6.07, 6.45) is 5.00. The van der Waals surface area contributed by atoms with Crippen molar-refractivity contribution in [2.75, 3.05) is 0 Å². The quantitative estimate of drug-likeness (QED) is 0.513. The van der Waals surface area contributed by atoms with Gasteiger partial charge in [0, 0.05) is 5.56 Å². The minimum absolute atomic E-state index is 0.114. The molecule has 0 aliphatic rings. The van der Waals surface area contributed by atoms with Crippen LogP contribution in [0.15, 0.2) is 48.5 Å². The molecule has 0 bridgehead atoms. The maximum atomic E-state index is 11.3. The number of hydrogen-bond donors (Lipinski definition) is 0. The molecule has 0 aliphatic carbocycles. The number of benzene rings is 2. The monoisotopic (exact) mass is 266 g/mol. The Hall–Kier alpha value is -1.89. The van der Waals surface area contributed by atoms with Crippen molar-refractivity contribution in [3.8, 4) is 11.1 Å². The van der Waals surface area contributed by atoms with Crippen molar-refractivity contribution in [1.82, 2.24) is 0 Å². The van der Waals surface area contributed by atoms with Crippen LogP contribution in [0.25, 0.3) is 11.1 Å². The van der Waals surface area contributed by atoms with Gasteiger partial charge in [-0.3, -0.25) is 4.79 Å². The lowest BCUT2D eigenvalue weighted by Crippen LogP contribution is -1.91. The maximum Gasteiger partial charge on any atom is 0.159 e. The molecule has 2 aromatic rings. The molecule has 0 radical (unpaired) electrons. The Morgan fingerprint density at radius 2 is 1.40 bits per heavy atom. The standard InChI is InChI=1S/C19H22O/c1-3-4-5-6-16-7-9-18(10-8-16)19-13-11-17(12-14-19)15(2)20/h7-14H,3-6H2,1-2H3. The topological polar surface area (TPSA) is 17.1 Å². The summed E-state index contributed by atoms with van der Waals surface area (Å²) >= 11 is 0. The van der Waals surface area contributed by atoms with Gasteiger partial charge in [0.15, 0.2) is 5.78 Å². The van der Waals surface area contributed by atoms with Crippen molar-refractivity contribution in [1.29, 1.82) is 0 Å². The molecule has 0 unspecified atom stereocenters. The van der Waals surface area contributed by atoms with E-state index in [0.29, 0.717) is 0 Å². The number of rotatable bonds is 6. The Bertz CT molecular complexity index is 549. The van der Waals surface area contributed by atoms with E-state index in [1.807, 2.05) is 24.3 Å². The summed E-state index contributed by atoms with van der Waals surface area (Å²) in [7, 11) is 0. The van der Waals surface area contributed by atoms with Crippen LogP contribution in [0.2, 0.25) is 0 Å². The number of aryl methyl sites for hydroxylation is 1. The fourth-order valence-corrected chi connectivity index (χ4v) is 2.34. The van der Waals surface area contributed by atoms with E-state index in [4.69, 9.17) is 0 Å². The summed E-state index contributed by atoms with van der Waals surface area (Å²) in [5, 5.41) is 0. The molecule has 0 spiro atoms. The van der Waals surface area contributed by atoms with Gasteiger partial charge in [-0.15, -0.1) is 0 Å². The molecule has 1 heteroatoms. The second kappa shape index (κ2) is 7.04. The molecule has 0 saturated carbocycles. The highest BCUT2D eigenvalue weighted by atomic mass is 16.1. The SMILES string of the molecule is CCCCCc1ccc(-c2ccc(C(C)=O)cc2)cc1. The molecule has 104 valence electrons. The van der Waals surface area contributed by atoms with E-state index >= 15 is 0 Å². The number of ketones is 1. The Morgan fingerprint density at radius 3 is 1.90 bits per heavy atom. The van der Waals surface area contributed by atoms with Crippen molar-refractivity contribution >= 4 is 5.78 Å². The van der Waals surface area contributed by atoms with Crippen LogP contribution >= 0.6 is 0 Å². The van der Waals surface area contributed by atoms with Gasteiger partial charge in [0.25, 0.3) is 0 Å². The van der Waals surface area contributed by atoms with Gasteiger partial charge in [-0.2, -0.15) is 0 Å². The fourth-order valence-electron chi connectivity index (χ4n) is 2.34. The smallest absolute Gasteiger partial charge is 0.159 e. The van der Waals surface area contributed by atoms with E-state index in [1.165, 1.54) is 30.4 Å². The molecule has 1 nitrogen and oxygen atoms in total. The molecule has 2 rings (SSSR count). The molecule has 0 saturated heterocycles. The molecule has 0 fully saturated rings. The molecule has 2 aromatic carbocycles. The Labute approximate surface area is 121 Å². The zero-order valence-electron chi connectivity index (χ0n) is 12.4. The highest BCUT2D eigenvalue weighted by molar-refractivity contribution is 5.94. The van der Waals surface area contributed by atoms with E-state index in [1.54, 1.807) is 6.92 Å². The van der Waals surface area contributed by atoms with Gasteiger partial charge in [0.1, 0.15) is 0 Å². The first kappa shape index (κ1) is 14.5. The molecule has 20 heavy (non-hydrogen) atoms. The Morgan fingerprint density at radius 1 is 0.850 bits per heavy atom. The minimum atomic E-state index is 0.114. The van der Waals surface area contributed by atoms with Gasteiger partial charge in [-0.05, 0) is 36.5 Å². The normalized spacial score (nSPS) is 10.5. The van der Waals surface area contributed by atoms with Crippen molar-refractivity contribution in [2.45, 2.75) is 39.5 Å². The van der Waals surface area contributed by atoms with Crippen LogP contribution in [0.3, 0.4) is 0 Å². The summed E-state index contributed by atoms with van der Waals surface area (Å²) < 4.78 is 0. The lowest BCUT2D eigenvalue weighted by Gasteiger charge is -2.05. The first-order chi connectivity index (χ1) is 9.70. The van der Waals surface area contributed by atoms with Crippen LogP contribution in [0.1, 0.15) is 49.0 Å². The lowest BCUT2D eigenvalue weighted by atomic mass is 10.00. The first-order valence-electron chi connectivity index (χ1n) is 7.41. The molecular weight excluding hydrogens is 244 g/mol. The molecular formula is C19H22O. The van der Waals surface area contributed by atoms with E-state index in [2.05, 4.69) is 31.2 Å². The van der Waals surface area contributed by atoms with Gasteiger partial charge in [-0.25, -0.2) is 0 Å². The van der Waals surface area contributed by atoms with E-state index in [9.17, 15) is 4.79 Å². The molecule has 0 amide bonds. The van der Waals surface area contributed by atoms with Crippen LogP contribution in [-0.2, 0) is 6.42 Å². The van der Waals surface area contributed by atoms with Crippen LogP contribution in [0.5, 0.6) is 0 Å². The zero-order valence-corrected chi connectivity index (χ0v) is 12.4. The van der Waals surface area contributed by atoms with Gasteiger partial charge >= 0.3 is 0 Å². The summed E-state index contributed by atoms with van der Waals surface area (Å²) in [6, 6.07) is 16.6. The first-order valence-corrected chi connectivity index (χ1v) is 7.41. The summed E-state index contributed by atoms with van der Waals surface area (Å²) in [5.41, 5.74) is 4.54. The maximum absolute atomic E-state index is 11.3. The van der Waals surface area contributed by atoms with Crippen molar-refractivity contribution < 1.29 is 4.79 Å². The van der Waals surface area contributed by atoms with Gasteiger partial charge < -0.3 is 0 Å². The van der Waals surface area contributed by atoms with Crippen molar-refractivity contribution in [3.63, 3.8) is 0 Å². The third kappa shape index (κ3) is 3.80. The number of carbonyl (C=O) groups is 1. The highest BCUT2D eigenvalue weighted by Crippen LogP contribution is 2.21. The third-order valence-corrected chi connectivity index (χ3v) is 3.65. The van der Waals surface area contributed by atoms with Crippen molar-refractivity contribution in [3.05, 3.63) is 59.7 Å².